The molecule has 1 fully saturated rings. The summed E-state index contributed by atoms with van der Waals surface area (Å²) in [4.78, 5) is 18.2. The average Bonchev–Trinajstić information content (AvgIpc) is 3.26. The molecule has 6 nitrogen and oxygen atoms in total. The van der Waals surface area contributed by atoms with Crippen LogP contribution in [0.25, 0.3) is 0 Å². The van der Waals surface area contributed by atoms with Gasteiger partial charge in [-0.2, -0.15) is 0 Å². The van der Waals surface area contributed by atoms with Crippen LogP contribution < -0.4 is 16.4 Å². The Morgan fingerprint density at radius 3 is 2.48 bits per heavy atom. The van der Waals surface area contributed by atoms with Crippen molar-refractivity contribution in [2.24, 2.45) is 10.7 Å². The molecule has 7 heteroatoms. The molecule has 3 rings (SSSR count). The highest BCUT2D eigenvalue weighted by molar-refractivity contribution is 14.0. The summed E-state index contributed by atoms with van der Waals surface area (Å²) in [6.07, 6.45) is 2.51. The number of carbonyl (C=O) groups is 1. The number of nitrogens with one attached hydrogen (secondary N) is 2. The summed E-state index contributed by atoms with van der Waals surface area (Å²) in [5.74, 6) is 0.324. The quantitative estimate of drug-likeness (QED) is 0.306. The summed E-state index contributed by atoms with van der Waals surface area (Å²) in [6.45, 7) is 3.62. The maximum absolute atomic E-state index is 11.3. The molecule has 156 valence electrons. The zero-order valence-corrected chi connectivity index (χ0v) is 19.1. The van der Waals surface area contributed by atoms with Crippen molar-refractivity contribution in [3.05, 3.63) is 71.3 Å². The van der Waals surface area contributed by atoms with Gasteiger partial charge in [-0.15, -0.1) is 24.0 Å². The summed E-state index contributed by atoms with van der Waals surface area (Å²) in [6, 6.07) is 18.3. The highest BCUT2D eigenvalue weighted by atomic mass is 127. The number of amides is 1. The summed E-state index contributed by atoms with van der Waals surface area (Å²) in [7, 11) is 1.77. The van der Waals surface area contributed by atoms with Gasteiger partial charge in [-0.3, -0.25) is 14.7 Å². The molecule has 0 spiro atoms. The molecule has 1 aliphatic heterocycles. The van der Waals surface area contributed by atoms with Crippen LogP contribution in [0.4, 0.5) is 0 Å². The first-order valence-corrected chi connectivity index (χ1v) is 9.79. The predicted molar refractivity (Wildman–Crippen MR) is 129 cm³/mol. The molecular formula is C22H30IN5O. The number of guanidine groups is 1. The van der Waals surface area contributed by atoms with Crippen LogP contribution in [0.1, 0.15) is 40.4 Å². The number of primary amides is 1. The number of rotatable bonds is 7. The van der Waals surface area contributed by atoms with Crippen LogP contribution in [-0.4, -0.2) is 43.4 Å². The summed E-state index contributed by atoms with van der Waals surface area (Å²) in [5.41, 5.74) is 8.18. The van der Waals surface area contributed by atoms with Crippen LogP contribution >= 0.6 is 24.0 Å². The lowest BCUT2D eigenvalue weighted by Crippen LogP contribution is -2.42. The topological polar surface area (TPSA) is 82.7 Å². The van der Waals surface area contributed by atoms with E-state index in [1.807, 2.05) is 12.1 Å². The van der Waals surface area contributed by atoms with Gasteiger partial charge in [0, 0.05) is 25.7 Å². The third kappa shape index (κ3) is 6.71. The number of hydrogen-bond donors (Lipinski definition) is 3. The number of nitrogens with two attached hydrogens (primary N) is 1. The molecule has 4 N–H and O–H groups in total. The third-order valence-corrected chi connectivity index (χ3v) is 5.12. The molecule has 0 aliphatic carbocycles. The second kappa shape index (κ2) is 11.8. The van der Waals surface area contributed by atoms with Gasteiger partial charge in [0.15, 0.2) is 5.96 Å². The molecule has 2 aromatic carbocycles. The van der Waals surface area contributed by atoms with Crippen molar-refractivity contribution in [3.63, 3.8) is 0 Å². The van der Waals surface area contributed by atoms with E-state index in [-0.39, 0.29) is 24.0 Å². The molecular weight excluding hydrogens is 477 g/mol. The van der Waals surface area contributed by atoms with Crippen LogP contribution in [0.2, 0.25) is 0 Å². The van der Waals surface area contributed by atoms with E-state index in [9.17, 15) is 4.79 Å². The van der Waals surface area contributed by atoms with E-state index in [1.165, 1.54) is 18.4 Å². The van der Waals surface area contributed by atoms with Gasteiger partial charge in [0.05, 0.1) is 6.04 Å². The van der Waals surface area contributed by atoms with E-state index in [2.05, 4.69) is 50.9 Å². The van der Waals surface area contributed by atoms with Gasteiger partial charge in [-0.05, 0) is 49.2 Å². The Kier molecular flexibility index (Phi) is 9.40. The smallest absolute Gasteiger partial charge is 0.248 e. The summed E-state index contributed by atoms with van der Waals surface area (Å²) >= 11 is 0. The maximum atomic E-state index is 11.3. The van der Waals surface area contributed by atoms with Crippen LogP contribution in [0.5, 0.6) is 0 Å². The van der Waals surface area contributed by atoms with Gasteiger partial charge < -0.3 is 16.4 Å². The molecule has 1 aliphatic rings. The van der Waals surface area contributed by atoms with Crippen LogP contribution in [0, 0.1) is 0 Å². The van der Waals surface area contributed by atoms with Gasteiger partial charge in [0.25, 0.3) is 0 Å². The fourth-order valence-electron chi connectivity index (χ4n) is 3.62. The number of aliphatic imine (C=N–C) groups is 1. The minimum absolute atomic E-state index is 0. The predicted octanol–water partition coefficient (Wildman–Crippen LogP) is 2.91. The number of carbonyl (C=O) groups excluding carboxylic acids is 1. The Bertz CT molecular complexity index is 806. The number of hydrogen-bond acceptors (Lipinski definition) is 3. The Balaban J connectivity index is 0.00000300. The molecule has 1 saturated heterocycles. The highest BCUT2D eigenvalue weighted by Crippen LogP contribution is 2.24. The van der Waals surface area contributed by atoms with Gasteiger partial charge in [0.1, 0.15) is 0 Å². The van der Waals surface area contributed by atoms with Gasteiger partial charge in [0.2, 0.25) is 5.91 Å². The van der Waals surface area contributed by atoms with Gasteiger partial charge in [-0.1, -0.05) is 42.5 Å². The highest BCUT2D eigenvalue weighted by Gasteiger charge is 2.23. The Labute approximate surface area is 190 Å². The van der Waals surface area contributed by atoms with Gasteiger partial charge >= 0.3 is 0 Å². The third-order valence-electron chi connectivity index (χ3n) is 5.12. The Morgan fingerprint density at radius 2 is 1.83 bits per heavy atom. The van der Waals surface area contributed by atoms with Crippen molar-refractivity contribution in [2.45, 2.75) is 25.4 Å². The van der Waals surface area contributed by atoms with Crippen LogP contribution in [-0.2, 0) is 6.54 Å². The number of halogens is 1. The lowest BCUT2D eigenvalue weighted by Gasteiger charge is -2.29. The number of nitrogens with zero attached hydrogens (tertiary/aromatic N) is 2. The average molecular weight is 507 g/mol. The van der Waals surface area contributed by atoms with Gasteiger partial charge in [-0.25, -0.2) is 0 Å². The van der Waals surface area contributed by atoms with Crippen molar-refractivity contribution < 1.29 is 4.79 Å². The normalized spacial score (nSPS) is 15.4. The molecule has 1 atom stereocenters. The molecule has 0 saturated carbocycles. The van der Waals surface area contributed by atoms with E-state index in [1.54, 1.807) is 19.2 Å². The fraction of sp³-hybridized carbons (Fsp3) is 0.364. The minimum Gasteiger partial charge on any atom is -0.366 e. The van der Waals surface area contributed by atoms with E-state index in [0.29, 0.717) is 18.2 Å². The van der Waals surface area contributed by atoms with Crippen LogP contribution in [0.15, 0.2) is 59.6 Å². The number of likely N-dealkylation sites (tertiary alicyclic amines) is 1. The Morgan fingerprint density at radius 1 is 1.10 bits per heavy atom. The molecule has 0 radical (unpaired) electrons. The zero-order chi connectivity index (χ0) is 19.8. The molecule has 2 aromatic rings. The largest absolute Gasteiger partial charge is 0.366 e. The molecule has 1 amide bonds. The SMILES string of the molecule is CN=C(NCc1cccc(C(N)=O)c1)NCC(c1ccccc1)N1CCCC1.I. The number of benzene rings is 2. The second-order valence-electron chi connectivity index (χ2n) is 7.04. The molecule has 0 bridgehead atoms. The Hall–Kier alpha value is -2.13. The van der Waals surface area contributed by atoms with E-state index in [0.717, 1.165) is 31.2 Å². The molecule has 29 heavy (non-hydrogen) atoms. The van der Waals surface area contributed by atoms with E-state index in [4.69, 9.17) is 5.73 Å². The standard InChI is InChI=1S/C22H29N5O.HI/c1-24-22(25-15-17-8-7-11-19(14-17)21(23)28)26-16-20(27-12-5-6-13-27)18-9-3-2-4-10-18;/h2-4,7-11,14,20H,5-6,12-13,15-16H2,1H3,(H2,23,28)(H2,24,25,26);1H. The van der Waals surface area contributed by atoms with Crippen molar-refractivity contribution in [3.8, 4) is 0 Å². The van der Waals surface area contributed by atoms with Crippen molar-refractivity contribution in [2.75, 3.05) is 26.7 Å². The summed E-state index contributed by atoms with van der Waals surface area (Å²) < 4.78 is 0. The van der Waals surface area contributed by atoms with Crippen molar-refractivity contribution in [1.29, 1.82) is 0 Å². The monoisotopic (exact) mass is 507 g/mol. The second-order valence-corrected chi connectivity index (χ2v) is 7.04. The van der Waals surface area contributed by atoms with E-state index < -0.39 is 5.91 Å². The van der Waals surface area contributed by atoms with Crippen LogP contribution in [0.3, 0.4) is 0 Å². The minimum atomic E-state index is -0.416. The van der Waals surface area contributed by atoms with E-state index >= 15 is 0 Å². The summed E-state index contributed by atoms with van der Waals surface area (Å²) in [5, 5.41) is 6.78. The lowest BCUT2D eigenvalue weighted by molar-refractivity contribution is 0.1000. The first-order valence-electron chi connectivity index (χ1n) is 9.79. The molecule has 0 aromatic heterocycles. The first-order chi connectivity index (χ1) is 13.7. The van der Waals surface area contributed by atoms with Crippen molar-refractivity contribution >= 4 is 35.8 Å². The first kappa shape index (κ1) is 23.2. The zero-order valence-electron chi connectivity index (χ0n) is 16.8. The molecule has 1 heterocycles. The van der Waals surface area contributed by atoms with Crippen molar-refractivity contribution in [1.82, 2.24) is 15.5 Å². The lowest BCUT2D eigenvalue weighted by atomic mass is 10.1. The maximum Gasteiger partial charge on any atom is 0.248 e. The fourth-order valence-corrected chi connectivity index (χ4v) is 3.62. The molecule has 1 unspecified atom stereocenters.